The van der Waals surface area contributed by atoms with E-state index in [-0.39, 0.29) is 0 Å². The summed E-state index contributed by atoms with van der Waals surface area (Å²) in [5.41, 5.74) is 8.33. The number of ether oxygens (including phenoxy) is 1. The molecular weight excluding hydrogens is 264 g/mol. The van der Waals surface area contributed by atoms with Gasteiger partial charge in [0.05, 0.1) is 6.20 Å². The first kappa shape index (κ1) is 13.9. The maximum Gasteiger partial charge on any atom is 0.119 e. The Kier molecular flexibility index (Phi) is 4.10. The molecule has 0 spiro atoms. The second-order valence-corrected chi connectivity index (χ2v) is 5.65. The lowest BCUT2D eigenvalue weighted by molar-refractivity contribution is 0.306. The van der Waals surface area contributed by atoms with E-state index in [0.29, 0.717) is 12.6 Å². The summed E-state index contributed by atoms with van der Waals surface area (Å²) < 4.78 is 7.55. The van der Waals surface area contributed by atoms with Gasteiger partial charge in [-0.15, -0.1) is 0 Å². The van der Waals surface area contributed by atoms with Crippen LogP contribution in [0.4, 0.5) is 5.69 Å². The highest BCUT2D eigenvalue weighted by molar-refractivity contribution is 5.49. The molecule has 0 radical (unpaired) electrons. The molecule has 3 rings (SSSR count). The quantitative estimate of drug-likeness (QED) is 0.933. The van der Waals surface area contributed by atoms with Gasteiger partial charge in [0.25, 0.3) is 0 Å². The lowest BCUT2D eigenvalue weighted by Crippen LogP contribution is -2.42. The molecule has 0 aliphatic carbocycles. The third-order valence-corrected chi connectivity index (χ3v) is 3.82. The van der Waals surface area contributed by atoms with Crippen LogP contribution in [-0.4, -0.2) is 28.9 Å². The highest BCUT2D eigenvalue weighted by Crippen LogP contribution is 2.23. The molecule has 1 unspecified atom stereocenters. The molecular formula is C16H22N4O. The number of piperidine rings is 1. The number of nitrogens with two attached hydrogens (primary N) is 1. The summed E-state index contributed by atoms with van der Waals surface area (Å²) in [5, 5.41) is 4.13. The molecule has 5 nitrogen and oxygen atoms in total. The molecule has 2 heterocycles. The average Bonchev–Trinajstić information content (AvgIpc) is 2.91. The zero-order chi connectivity index (χ0) is 14.7. The van der Waals surface area contributed by atoms with E-state index in [1.165, 1.54) is 12.1 Å². The summed E-state index contributed by atoms with van der Waals surface area (Å²) in [7, 11) is 1.90. The van der Waals surface area contributed by atoms with Crippen molar-refractivity contribution in [2.24, 2.45) is 12.8 Å². The molecule has 21 heavy (non-hydrogen) atoms. The van der Waals surface area contributed by atoms with Crippen LogP contribution in [-0.2, 0) is 13.7 Å². The first-order valence-electron chi connectivity index (χ1n) is 7.41. The number of hydrogen-bond acceptors (Lipinski definition) is 4. The van der Waals surface area contributed by atoms with Crippen LogP contribution in [0, 0.1) is 0 Å². The molecule has 1 aliphatic heterocycles. The molecule has 1 aromatic heterocycles. The van der Waals surface area contributed by atoms with E-state index in [4.69, 9.17) is 10.5 Å². The molecule has 1 aromatic carbocycles. The van der Waals surface area contributed by atoms with E-state index in [1.807, 2.05) is 31.6 Å². The molecule has 1 aliphatic rings. The number of aromatic nitrogens is 2. The van der Waals surface area contributed by atoms with Crippen LogP contribution in [0.3, 0.4) is 0 Å². The van der Waals surface area contributed by atoms with Crippen LogP contribution in [0.25, 0.3) is 0 Å². The Balaban J connectivity index is 1.58. The van der Waals surface area contributed by atoms with Crippen molar-refractivity contribution in [1.29, 1.82) is 0 Å². The lowest BCUT2D eigenvalue weighted by Gasteiger charge is -2.32. The van der Waals surface area contributed by atoms with Crippen LogP contribution in [0.1, 0.15) is 18.4 Å². The maximum atomic E-state index is 6.03. The first-order valence-corrected chi connectivity index (χ1v) is 7.41. The minimum Gasteiger partial charge on any atom is -0.489 e. The third-order valence-electron chi connectivity index (χ3n) is 3.82. The van der Waals surface area contributed by atoms with Crippen LogP contribution in [0.15, 0.2) is 36.7 Å². The SMILES string of the molecule is Cn1cc(COc2ccc(N3CCCC(N)C3)cc2)cn1. The van der Waals surface area contributed by atoms with Crippen molar-refractivity contribution in [2.45, 2.75) is 25.5 Å². The molecule has 2 aromatic rings. The molecule has 0 amide bonds. The fourth-order valence-electron chi connectivity index (χ4n) is 2.71. The predicted molar refractivity (Wildman–Crippen MR) is 83.4 cm³/mol. The van der Waals surface area contributed by atoms with Gasteiger partial charge in [0.15, 0.2) is 0 Å². The van der Waals surface area contributed by atoms with E-state index in [0.717, 1.165) is 30.8 Å². The maximum absolute atomic E-state index is 6.03. The topological polar surface area (TPSA) is 56.3 Å². The lowest BCUT2D eigenvalue weighted by atomic mass is 10.1. The Bertz CT molecular complexity index is 578. The van der Waals surface area contributed by atoms with Gasteiger partial charge in [0.1, 0.15) is 12.4 Å². The Morgan fingerprint density at radius 2 is 2.14 bits per heavy atom. The molecule has 0 bridgehead atoms. The zero-order valence-electron chi connectivity index (χ0n) is 12.4. The third kappa shape index (κ3) is 3.55. The van der Waals surface area contributed by atoms with Gasteiger partial charge in [-0.1, -0.05) is 0 Å². The van der Waals surface area contributed by atoms with Gasteiger partial charge in [0, 0.05) is 43.6 Å². The number of rotatable bonds is 4. The zero-order valence-corrected chi connectivity index (χ0v) is 12.4. The molecule has 1 fully saturated rings. The smallest absolute Gasteiger partial charge is 0.119 e. The average molecular weight is 286 g/mol. The van der Waals surface area contributed by atoms with Crippen molar-refractivity contribution < 1.29 is 4.74 Å². The van der Waals surface area contributed by atoms with Crippen LogP contribution in [0.5, 0.6) is 5.75 Å². The van der Waals surface area contributed by atoms with Crippen LogP contribution >= 0.6 is 0 Å². The summed E-state index contributed by atoms with van der Waals surface area (Å²) in [4.78, 5) is 2.35. The van der Waals surface area contributed by atoms with Crippen molar-refractivity contribution in [1.82, 2.24) is 9.78 Å². The molecule has 5 heteroatoms. The Morgan fingerprint density at radius 3 is 2.81 bits per heavy atom. The molecule has 1 saturated heterocycles. The number of benzene rings is 1. The second-order valence-electron chi connectivity index (χ2n) is 5.65. The van der Waals surface area contributed by atoms with E-state index < -0.39 is 0 Å². The number of aryl methyl sites for hydroxylation is 1. The fraction of sp³-hybridized carbons (Fsp3) is 0.438. The van der Waals surface area contributed by atoms with Crippen molar-refractivity contribution in [2.75, 3.05) is 18.0 Å². The molecule has 112 valence electrons. The Labute approximate surface area is 125 Å². The summed E-state index contributed by atoms with van der Waals surface area (Å²) in [6.45, 7) is 2.57. The van der Waals surface area contributed by atoms with Gasteiger partial charge < -0.3 is 15.4 Å². The van der Waals surface area contributed by atoms with E-state index >= 15 is 0 Å². The van der Waals surface area contributed by atoms with Gasteiger partial charge in [0.2, 0.25) is 0 Å². The van der Waals surface area contributed by atoms with E-state index in [2.05, 4.69) is 22.1 Å². The number of anilines is 1. The summed E-state index contributed by atoms with van der Waals surface area (Å²) in [5.74, 6) is 0.879. The second kappa shape index (κ2) is 6.18. The largest absolute Gasteiger partial charge is 0.489 e. The molecule has 1 atom stereocenters. The van der Waals surface area contributed by atoms with E-state index in [9.17, 15) is 0 Å². The van der Waals surface area contributed by atoms with Crippen LogP contribution in [0.2, 0.25) is 0 Å². The summed E-state index contributed by atoms with van der Waals surface area (Å²) in [6.07, 6.45) is 6.08. The van der Waals surface area contributed by atoms with Gasteiger partial charge in [-0.2, -0.15) is 5.10 Å². The summed E-state index contributed by atoms with van der Waals surface area (Å²) >= 11 is 0. The van der Waals surface area contributed by atoms with Gasteiger partial charge in [-0.25, -0.2) is 0 Å². The highest BCUT2D eigenvalue weighted by Gasteiger charge is 2.16. The van der Waals surface area contributed by atoms with Crippen molar-refractivity contribution in [3.63, 3.8) is 0 Å². The number of hydrogen-bond donors (Lipinski definition) is 1. The van der Waals surface area contributed by atoms with Crippen molar-refractivity contribution >= 4 is 5.69 Å². The minimum absolute atomic E-state index is 0.292. The normalized spacial score (nSPS) is 18.8. The molecule has 2 N–H and O–H groups in total. The summed E-state index contributed by atoms with van der Waals surface area (Å²) in [6, 6.07) is 8.55. The number of nitrogens with zero attached hydrogens (tertiary/aromatic N) is 3. The van der Waals surface area contributed by atoms with Gasteiger partial charge >= 0.3 is 0 Å². The Morgan fingerprint density at radius 1 is 1.33 bits per heavy atom. The van der Waals surface area contributed by atoms with Gasteiger partial charge in [-0.3, -0.25) is 4.68 Å². The first-order chi connectivity index (χ1) is 10.2. The molecule has 0 saturated carbocycles. The highest BCUT2D eigenvalue weighted by atomic mass is 16.5. The monoisotopic (exact) mass is 286 g/mol. The Hall–Kier alpha value is -2.01. The predicted octanol–water partition coefficient (Wildman–Crippen LogP) is 1.93. The van der Waals surface area contributed by atoms with Crippen molar-refractivity contribution in [3.05, 3.63) is 42.2 Å². The van der Waals surface area contributed by atoms with Gasteiger partial charge in [-0.05, 0) is 37.1 Å². The fourth-order valence-corrected chi connectivity index (χ4v) is 2.71. The van der Waals surface area contributed by atoms with Crippen molar-refractivity contribution in [3.8, 4) is 5.75 Å². The van der Waals surface area contributed by atoms with Crippen LogP contribution < -0.4 is 15.4 Å². The van der Waals surface area contributed by atoms with E-state index in [1.54, 1.807) is 4.68 Å². The standard InChI is InChI=1S/C16H22N4O/c1-19-10-13(9-18-19)12-21-16-6-4-15(5-7-16)20-8-2-3-14(17)11-20/h4-7,9-10,14H,2-3,8,11-12,17H2,1H3. The minimum atomic E-state index is 0.292.